The van der Waals surface area contributed by atoms with E-state index in [0.717, 1.165) is 5.69 Å². The van der Waals surface area contributed by atoms with Crippen LogP contribution in [0.4, 0.5) is 11.5 Å². The number of rotatable bonds is 5. The molecule has 2 N–H and O–H groups in total. The van der Waals surface area contributed by atoms with Gasteiger partial charge >= 0.3 is 0 Å². The van der Waals surface area contributed by atoms with E-state index in [-0.39, 0.29) is 5.69 Å². The smallest absolute Gasteiger partial charge is 0.270 e. The third-order valence-corrected chi connectivity index (χ3v) is 3.79. The molecule has 9 nitrogen and oxygen atoms in total. The first kappa shape index (κ1) is 15.9. The zero-order chi connectivity index (χ0) is 17.1. The number of nitro groups is 1. The molecule has 0 unspecified atom stereocenters. The second kappa shape index (κ2) is 6.62. The van der Waals surface area contributed by atoms with Gasteiger partial charge in [0.05, 0.1) is 10.7 Å². The minimum absolute atomic E-state index is 0.0307. The highest BCUT2D eigenvalue weighted by Gasteiger charge is 2.13. The van der Waals surface area contributed by atoms with Gasteiger partial charge in [0.15, 0.2) is 5.16 Å². The molecule has 122 valence electrons. The van der Waals surface area contributed by atoms with Crippen LogP contribution in [0.2, 0.25) is 0 Å². The lowest BCUT2D eigenvalue weighted by molar-refractivity contribution is -0.384. The first-order valence-corrected chi connectivity index (χ1v) is 7.81. The van der Waals surface area contributed by atoms with Gasteiger partial charge in [-0.15, -0.1) is 0 Å². The van der Waals surface area contributed by atoms with Crippen molar-refractivity contribution in [1.29, 1.82) is 0 Å². The molecule has 0 spiro atoms. The molecule has 0 aliphatic carbocycles. The molecule has 0 radical (unpaired) electrons. The molecule has 10 heteroatoms. The summed E-state index contributed by atoms with van der Waals surface area (Å²) < 4.78 is 5.16. The first-order chi connectivity index (χ1) is 11.5. The number of hydrogen-bond donors (Lipinski definition) is 1. The Morgan fingerprint density at radius 2 is 2.12 bits per heavy atom. The molecule has 0 amide bonds. The SMILES string of the molecule is Cc1cc(N)nc(SCc2nc(-c3cccc([N+](=O)[O-])c3)no2)n1. The van der Waals surface area contributed by atoms with Gasteiger partial charge in [-0.2, -0.15) is 4.98 Å². The van der Waals surface area contributed by atoms with Crippen LogP contribution < -0.4 is 5.73 Å². The zero-order valence-electron chi connectivity index (χ0n) is 12.5. The molecule has 0 atom stereocenters. The van der Waals surface area contributed by atoms with Crippen molar-refractivity contribution in [3.63, 3.8) is 0 Å². The normalized spacial score (nSPS) is 10.7. The summed E-state index contributed by atoms with van der Waals surface area (Å²) in [7, 11) is 0. The third kappa shape index (κ3) is 3.66. The summed E-state index contributed by atoms with van der Waals surface area (Å²) in [5.41, 5.74) is 6.93. The molecule has 0 saturated carbocycles. The summed E-state index contributed by atoms with van der Waals surface area (Å²) in [6.07, 6.45) is 0. The topological polar surface area (TPSA) is 134 Å². The van der Waals surface area contributed by atoms with Crippen molar-refractivity contribution in [3.05, 3.63) is 52.0 Å². The molecular formula is C14H12N6O3S. The van der Waals surface area contributed by atoms with Gasteiger partial charge in [0.2, 0.25) is 11.7 Å². The Kier molecular flexibility index (Phi) is 4.38. The number of aromatic nitrogens is 4. The van der Waals surface area contributed by atoms with Crippen LogP contribution in [0.5, 0.6) is 0 Å². The van der Waals surface area contributed by atoms with Crippen LogP contribution in [0.1, 0.15) is 11.6 Å². The number of benzene rings is 1. The fraction of sp³-hybridized carbons (Fsp3) is 0.143. The third-order valence-electron chi connectivity index (χ3n) is 2.96. The van der Waals surface area contributed by atoms with Crippen LogP contribution in [0.15, 0.2) is 40.0 Å². The average molecular weight is 344 g/mol. The van der Waals surface area contributed by atoms with Crippen LogP contribution in [0.3, 0.4) is 0 Å². The van der Waals surface area contributed by atoms with Gasteiger partial charge in [-0.25, -0.2) is 9.97 Å². The highest BCUT2D eigenvalue weighted by atomic mass is 32.2. The zero-order valence-corrected chi connectivity index (χ0v) is 13.4. The summed E-state index contributed by atoms with van der Waals surface area (Å²) in [5, 5.41) is 15.2. The second-order valence-corrected chi connectivity index (χ2v) is 5.77. The molecule has 2 aromatic heterocycles. The van der Waals surface area contributed by atoms with Crippen LogP contribution in [-0.2, 0) is 5.75 Å². The van der Waals surface area contributed by atoms with E-state index in [2.05, 4.69) is 20.1 Å². The minimum Gasteiger partial charge on any atom is -0.384 e. The molecule has 0 bridgehead atoms. The first-order valence-electron chi connectivity index (χ1n) is 6.82. The van der Waals surface area contributed by atoms with Crippen LogP contribution in [-0.4, -0.2) is 25.0 Å². The fourth-order valence-corrected chi connectivity index (χ4v) is 2.69. The maximum Gasteiger partial charge on any atom is 0.270 e. The van der Waals surface area contributed by atoms with E-state index < -0.39 is 4.92 Å². The van der Waals surface area contributed by atoms with Crippen molar-refractivity contribution in [2.75, 3.05) is 5.73 Å². The molecule has 0 aliphatic rings. The standard InChI is InChI=1S/C14H12N6O3S/c1-8-5-11(15)17-14(16-8)24-7-12-18-13(19-23-12)9-3-2-4-10(6-9)20(21)22/h2-6H,7H2,1H3,(H2,15,16,17). The van der Waals surface area contributed by atoms with Crippen LogP contribution in [0.25, 0.3) is 11.4 Å². The average Bonchev–Trinajstić information content (AvgIpc) is 3.01. The molecule has 0 fully saturated rings. The van der Waals surface area contributed by atoms with Gasteiger partial charge in [-0.3, -0.25) is 10.1 Å². The molecule has 0 aliphatic heterocycles. The molecule has 1 aromatic carbocycles. The fourth-order valence-electron chi connectivity index (χ4n) is 1.95. The molecule has 2 heterocycles. The van der Waals surface area contributed by atoms with Crippen LogP contribution >= 0.6 is 11.8 Å². The molecule has 24 heavy (non-hydrogen) atoms. The monoisotopic (exact) mass is 344 g/mol. The van der Waals surface area contributed by atoms with E-state index in [4.69, 9.17) is 10.3 Å². The van der Waals surface area contributed by atoms with Gasteiger partial charge in [0, 0.05) is 29.5 Å². The summed E-state index contributed by atoms with van der Waals surface area (Å²) >= 11 is 1.31. The predicted octanol–water partition coefficient (Wildman–Crippen LogP) is 2.62. The summed E-state index contributed by atoms with van der Waals surface area (Å²) in [6, 6.07) is 7.73. The summed E-state index contributed by atoms with van der Waals surface area (Å²) in [4.78, 5) is 22.9. The summed E-state index contributed by atoms with van der Waals surface area (Å²) in [6.45, 7) is 1.83. The van der Waals surface area contributed by atoms with E-state index in [1.165, 1.54) is 23.9 Å². The largest absolute Gasteiger partial charge is 0.384 e. The van der Waals surface area contributed by atoms with Gasteiger partial charge in [-0.05, 0) is 6.92 Å². The maximum atomic E-state index is 10.8. The highest BCUT2D eigenvalue weighted by molar-refractivity contribution is 7.98. The minimum atomic E-state index is -0.472. The van der Waals surface area contributed by atoms with Crippen molar-refractivity contribution in [3.8, 4) is 11.4 Å². The van der Waals surface area contributed by atoms with Crippen LogP contribution in [0, 0.1) is 17.0 Å². The Morgan fingerprint density at radius 3 is 2.88 bits per heavy atom. The number of nitrogens with zero attached hydrogens (tertiary/aromatic N) is 5. The van der Waals surface area contributed by atoms with Gasteiger partial charge in [0.1, 0.15) is 5.82 Å². The number of hydrogen-bond acceptors (Lipinski definition) is 9. The van der Waals surface area contributed by atoms with E-state index >= 15 is 0 Å². The van der Waals surface area contributed by atoms with E-state index in [1.807, 2.05) is 6.92 Å². The van der Waals surface area contributed by atoms with Crippen molar-refractivity contribution < 1.29 is 9.45 Å². The Balaban J connectivity index is 1.74. The molecule has 3 rings (SSSR count). The number of nitrogen functional groups attached to an aromatic ring is 1. The Morgan fingerprint density at radius 1 is 1.29 bits per heavy atom. The number of anilines is 1. The Labute approximate surface area is 140 Å². The van der Waals surface area contributed by atoms with E-state index in [9.17, 15) is 10.1 Å². The maximum absolute atomic E-state index is 10.8. The predicted molar refractivity (Wildman–Crippen MR) is 87.1 cm³/mol. The Hall–Kier alpha value is -3.01. The molecule has 0 saturated heterocycles. The van der Waals surface area contributed by atoms with Crippen molar-refractivity contribution in [2.45, 2.75) is 17.8 Å². The molecular weight excluding hydrogens is 332 g/mol. The molecule has 3 aromatic rings. The van der Waals surface area contributed by atoms with Crippen molar-refractivity contribution in [2.24, 2.45) is 0 Å². The number of non-ortho nitro benzene ring substituents is 1. The van der Waals surface area contributed by atoms with Crippen molar-refractivity contribution in [1.82, 2.24) is 20.1 Å². The van der Waals surface area contributed by atoms with Gasteiger partial charge in [-0.1, -0.05) is 29.1 Å². The number of nitrogens with two attached hydrogens (primary N) is 1. The number of nitro benzene ring substituents is 1. The quantitative estimate of drug-likeness (QED) is 0.321. The lowest BCUT2D eigenvalue weighted by atomic mass is 10.2. The summed E-state index contributed by atoms with van der Waals surface area (Å²) in [5.74, 6) is 1.42. The van der Waals surface area contributed by atoms with Gasteiger partial charge in [0.25, 0.3) is 5.69 Å². The lowest BCUT2D eigenvalue weighted by Crippen LogP contribution is -1.96. The number of aryl methyl sites for hydroxylation is 1. The van der Waals surface area contributed by atoms with E-state index in [1.54, 1.807) is 18.2 Å². The highest BCUT2D eigenvalue weighted by Crippen LogP contribution is 2.24. The lowest BCUT2D eigenvalue weighted by Gasteiger charge is -2.00. The Bertz CT molecular complexity index is 877. The number of thioether (sulfide) groups is 1. The van der Waals surface area contributed by atoms with E-state index in [0.29, 0.717) is 34.0 Å². The van der Waals surface area contributed by atoms with Crippen molar-refractivity contribution >= 4 is 23.3 Å². The van der Waals surface area contributed by atoms with Gasteiger partial charge < -0.3 is 10.3 Å². The second-order valence-electron chi connectivity index (χ2n) is 4.82.